The number of carboxylic acid groups (broad SMARTS) is 1. The number of halogens is 1. The maximum absolute atomic E-state index is 11.7. The Hall–Kier alpha value is -0.710. The van der Waals surface area contributed by atoms with Crippen molar-refractivity contribution >= 4 is 33.4 Å². The van der Waals surface area contributed by atoms with Crippen molar-refractivity contribution in [1.82, 2.24) is 0 Å². The second kappa shape index (κ2) is 5.76. The highest BCUT2D eigenvalue weighted by Gasteiger charge is 2.36. The molecule has 0 heterocycles. The number of nitrogens with zero attached hydrogens (tertiary/aromatic N) is 1. The van der Waals surface area contributed by atoms with Gasteiger partial charge in [0.2, 0.25) is 0 Å². The Balaban J connectivity index is 2.58. The van der Waals surface area contributed by atoms with E-state index in [0.29, 0.717) is 19.4 Å². The van der Waals surface area contributed by atoms with E-state index in [1.54, 1.807) is 0 Å². The average Bonchev–Trinajstić information content (AvgIpc) is 2.18. The first-order chi connectivity index (χ1) is 7.82. The Kier molecular flexibility index (Phi) is 4.86. The number of hydrogen-bond donors (Lipinski definition) is 1. The summed E-state index contributed by atoms with van der Waals surface area (Å²) in [6, 6.07) is 0. The fraction of sp³-hybridized carbons (Fsp3) is 0.750. The summed E-state index contributed by atoms with van der Waals surface area (Å²) in [5, 5.41) is 8.52. The minimum absolute atomic E-state index is 0.0347. The Bertz CT molecular complexity index is 350. The molecule has 17 heavy (non-hydrogen) atoms. The van der Waals surface area contributed by atoms with E-state index in [-0.39, 0.29) is 22.4 Å². The first-order valence-electron chi connectivity index (χ1n) is 5.74. The quantitative estimate of drug-likeness (QED) is 0.641. The number of aliphatic imine (C=N–C) groups is 1. The van der Waals surface area contributed by atoms with E-state index < -0.39 is 5.97 Å². The van der Waals surface area contributed by atoms with Crippen LogP contribution in [0.3, 0.4) is 0 Å². The maximum Gasteiger partial charge on any atom is 0.303 e. The third-order valence-corrected chi connectivity index (χ3v) is 3.79. The van der Waals surface area contributed by atoms with Crippen LogP contribution < -0.4 is 0 Å². The summed E-state index contributed by atoms with van der Waals surface area (Å²) >= 11 is 3.36. The van der Waals surface area contributed by atoms with Crippen molar-refractivity contribution in [3.05, 3.63) is 0 Å². The van der Waals surface area contributed by atoms with E-state index in [0.717, 1.165) is 12.1 Å². The molecule has 1 fully saturated rings. The Morgan fingerprint density at radius 2 is 2.18 bits per heavy atom. The van der Waals surface area contributed by atoms with Crippen LogP contribution in [-0.4, -0.2) is 33.9 Å². The van der Waals surface area contributed by atoms with Crippen molar-refractivity contribution in [3.8, 4) is 0 Å². The van der Waals surface area contributed by atoms with Crippen LogP contribution in [0.15, 0.2) is 4.99 Å². The summed E-state index contributed by atoms with van der Waals surface area (Å²) in [5.74, 6) is -0.640. The zero-order valence-corrected chi connectivity index (χ0v) is 11.8. The first kappa shape index (κ1) is 14.4. The lowest BCUT2D eigenvalue weighted by Crippen LogP contribution is -2.38. The summed E-state index contributed by atoms with van der Waals surface area (Å²) in [6.07, 6.45) is 2.01. The summed E-state index contributed by atoms with van der Waals surface area (Å²) in [5.41, 5.74) is 0.823. The van der Waals surface area contributed by atoms with E-state index in [1.165, 1.54) is 0 Å². The number of Topliss-reactive ketones (excluding diaryl/α,β-unsaturated/α-hetero) is 1. The lowest BCUT2D eigenvalue weighted by Gasteiger charge is -2.32. The Morgan fingerprint density at radius 1 is 1.53 bits per heavy atom. The number of rotatable bonds is 4. The number of ketones is 1. The molecule has 0 aliphatic heterocycles. The lowest BCUT2D eigenvalue weighted by atomic mass is 9.76. The highest BCUT2D eigenvalue weighted by Crippen LogP contribution is 2.34. The van der Waals surface area contributed by atoms with Crippen LogP contribution in [0, 0.1) is 5.41 Å². The van der Waals surface area contributed by atoms with Crippen molar-refractivity contribution in [2.24, 2.45) is 10.4 Å². The predicted octanol–water partition coefficient (Wildman–Crippen LogP) is 2.44. The van der Waals surface area contributed by atoms with Crippen molar-refractivity contribution in [2.45, 2.75) is 44.4 Å². The van der Waals surface area contributed by atoms with Gasteiger partial charge in [0.1, 0.15) is 4.83 Å². The molecule has 0 aromatic heterocycles. The molecule has 1 aliphatic rings. The van der Waals surface area contributed by atoms with Crippen LogP contribution in [0.4, 0.5) is 0 Å². The number of aliphatic carboxylic acids is 1. The van der Waals surface area contributed by atoms with Crippen LogP contribution >= 0.6 is 15.9 Å². The number of carbonyl (C=O) groups excluding carboxylic acids is 1. The number of alkyl halides is 1. The molecule has 1 unspecified atom stereocenters. The second-order valence-corrected chi connectivity index (χ2v) is 6.13. The molecular formula is C12H18BrNO3. The molecule has 0 aromatic carbocycles. The van der Waals surface area contributed by atoms with Crippen molar-refractivity contribution < 1.29 is 14.7 Å². The van der Waals surface area contributed by atoms with Gasteiger partial charge >= 0.3 is 5.97 Å². The molecule has 0 aromatic rings. The van der Waals surface area contributed by atoms with Gasteiger partial charge in [0.05, 0.1) is 0 Å². The van der Waals surface area contributed by atoms with Crippen LogP contribution in [0.1, 0.15) is 39.5 Å². The van der Waals surface area contributed by atoms with Crippen LogP contribution in [0.25, 0.3) is 0 Å². The molecule has 0 spiro atoms. The van der Waals surface area contributed by atoms with Gasteiger partial charge in [-0.3, -0.25) is 14.6 Å². The molecule has 1 N–H and O–H groups in total. The molecule has 0 bridgehead atoms. The molecule has 0 saturated heterocycles. The van der Waals surface area contributed by atoms with Gasteiger partial charge in [-0.05, 0) is 18.3 Å². The van der Waals surface area contributed by atoms with Crippen LogP contribution in [0.5, 0.6) is 0 Å². The predicted molar refractivity (Wildman–Crippen MR) is 69.9 cm³/mol. The van der Waals surface area contributed by atoms with Gasteiger partial charge in [0.25, 0.3) is 0 Å². The summed E-state index contributed by atoms with van der Waals surface area (Å²) < 4.78 is 0. The molecule has 96 valence electrons. The molecule has 0 amide bonds. The van der Waals surface area contributed by atoms with Gasteiger partial charge in [-0.15, -0.1) is 0 Å². The minimum atomic E-state index is -0.805. The lowest BCUT2D eigenvalue weighted by molar-refractivity contribution is -0.137. The first-order valence-corrected chi connectivity index (χ1v) is 6.65. The second-order valence-electron chi connectivity index (χ2n) is 5.22. The standard InChI is InChI=1S/C12H18BrNO3/c1-12(2)6-8(11(13)9(15)7-12)14-5-3-4-10(16)17/h11H,3-7H2,1-2H3,(H,16,17). The van der Waals surface area contributed by atoms with E-state index in [1.807, 2.05) is 0 Å². The van der Waals surface area contributed by atoms with E-state index in [9.17, 15) is 9.59 Å². The van der Waals surface area contributed by atoms with Crippen LogP contribution in [0.2, 0.25) is 0 Å². The van der Waals surface area contributed by atoms with Crippen molar-refractivity contribution in [2.75, 3.05) is 6.54 Å². The monoisotopic (exact) mass is 303 g/mol. The smallest absolute Gasteiger partial charge is 0.303 e. The molecule has 0 radical (unpaired) electrons. The fourth-order valence-electron chi connectivity index (χ4n) is 1.98. The maximum atomic E-state index is 11.7. The summed E-state index contributed by atoms with van der Waals surface area (Å²) in [4.78, 5) is 26.2. The number of carbonyl (C=O) groups is 2. The molecule has 1 aliphatic carbocycles. The van der Waals surface area contributed by atoms with Gasteiger partial charge in [-0.25, -0.2) is 0 Å². The summed E-state index contributed by atoms with van der Waals surface area (Å²) in [7, 11) is 0. The van der Waals surface area contributed by atoms with Crippen LogP contribution in [-0.2, 0) is 9.59 Å². The number of carboxylic acids is 1. The fourth-order valence-corrected chi connectivity index (χ4v) is 2.45. The van der Waals surface area contributed by atoms with E-state index in [4.69, 9.17) is 5.11 Å². The zero-order valence-electron chi connectivity index (χ0n) is 10.2. The minimum Gasteiger partial charge on any atom is -0.481 e. The van der Waals surface area contributed by atoms with Crippen molar-refractivity contribution in [1.29, 1.82) is 0 Å². The highest BCUT2D eigenvalue weighted by molar-refractivity contribution is 9.10. The Labute approximate surface area is 110 Å². The molecule has 1 rings (SSSR count). The van der Waals surface area contributed by atoms with E-state index >= 15 is 0 Å². The average molecular weight is 304 g/mol. The SMILES string of the molecule is CC1(C)CC(=O)C(Br)C(=NCCCC(=O)O)C1. The molecular weight excluding hydrogens is 286 g/mol. The third-order valence-electron chi connectivity index (χ3n) is 2.75. The molecule has 4 nitrogen and oxygen atoms in total. The van der Waals surface area contributed by atoms with E-state index in [2.05, 4.69) is 34.8 Å². The topological polar surface area (TPSA) is 66.7 Å². The largest absolute Gasteiger partial charge is 0.481 e. The molecule has 1 saturated carbocycles. The van der Waals surface area contributed by atoms with Crippen molar-refractivity contribution in [3.63, 3.8) is 0 Å². The normalized spacial score (nSPS) is 26.2. The molecule has 1 atom stereocenters. The summed E-state index contributed by atoms with van der Waals surface area (Å²) in [6.45, 7) is 4.58. The Morgan fingerprint density at radius 3 is 2.76 bits per heavy atom. The van der Waals surface area contributed by atoms with Gasteiger partial charge in [0, 0.05) is 25.1 Å². The zero-order chi connectivity index (χ0) is 13.1. The highest BCUT2D eigenvalue weighted by atomic mass is 79.9. The van der Waals surface area contributed by atoms with Gasteiger partial charge in [-0.1, -0.05) is 29.8 Å². The van der Waals surface area contributed by atoms with Gasteiger partial charge in [-0.2, -0.15) is 0 Å². The molecule has 5 heteroatoms. The third kappa shape index (κ3) is 4.58. The van der Waals surface area contributed by atoms with Gasteiger partial charge in [0.15, 0.2) is 5.78 Å². The number of hydrogen-bond acceptors (Lipinski definition) is 3. The van der Waals surface area contributed by atoms with Gasteiger partial charge < -0.3 is 5.11 Å².